The molecule has 0 unspecified atom stereocenters. The molecule has 0 amide bonds. The molecule has 1 heterocycles. The van der Waals surface area contributed by atoms with Gasteiger partial charge in [0.05, 0.1) is 23.5 Å². The van der Waals surface area contributed by atoms with E-state index in [1.54, 1.807) is 18.2 Å². The van der Waals surface area contributed by atoms with Gasteiger partial charge in [-0.3, -0.25) is 0 Å². The van der Waals surface area contributed by atoms with Crippen LogP contribution in [-0.4, -0.2) is 23.2 Å². The fourth-order valence-electron chi connectivity index (χ4n) is 1.81. The first-order valence-electron chi connectivity index (χ1n) is 6.12. The lowest BCUT2D eigenvalue weighted by Gasteiger charge is -2.06. The highest BCUT2D eigenvalue weighted by molar-refractivity contribution is 7.14. The predicted molar refractivity (Wildman–Crippen MR) is 79.6 cm³/mol. The topological polar surface area (TPSA) is 85.4 Å². The second kappa shape index (κ2) is 5.50. The van der Waals surface area contributed by atoms with Gasteiger partial charge in [-0.25, -0.2) is 9.78 Å². The standard InChI is InChI=1S/C14H16N2O3S/c1-7(2)13-16-11(12(20-13)14(17)18)8-4-5-10(19-3)9(15)6-8/h4-7H,15H2,1-3H3,(H,17,18). The number of carboxylic acid groups (broad SMARTS) is 1. The van der Waals surface area contributed by atoms with Crippen LogP contribution in [0.25, 0.3) is 11.3 Å². The van der Waals surface area contributed by atoms with Gasteiger partial charge >= 0.3 is 5.97 Å². The maximum Gasteiger partial charge on any atom is 0.348 e. The molecule has 0 saturated carbocycles. The van der Waals surface area contributed by atoms with Crippen LogP contribution in [0.5, 0.6) is 5.75 Å². The van der Waals surface area contributed by atoms with E-state index in [9.17, 15) is 9.90 Å². The minimum Gasteiger partial charge on any atom is -0.495 e. The fourth-order valence-corrected chi connectivity index (χ4v) is 2.74. The number of carbonyl (C=O) groups is 1. The van der Waals surface area contributed by atoms with Gasteiger partial charge < -0.3 is 15.6 Å². The second-order valence-corrected chi connectivity index (χ2v) is 5.68. The predicted octanol–water partition coefficient (Wildman–Crippen LogP) is 3.22. The average molecular weight is 292 g/mol. The van der Waals surface area contributed by atoms with Gasteiger partial charge in [0.15, 0.2) is 0 Å². The Balaban J connectivity index is 2.56. The summed E-state index contributed by atoms with van der Waals surface area (Å²) in [6, 6.07) is 5.16. The first-order chi connectivity index (χ1) is 9.43. The SMILES string of the molecule is COc1ccc(-c2nc(C(C)C)sc2C(=O)O)cc1N. The molecule has 20 heavy (non-hydrogen) atoms. The molecular weight excluding hydrogens is 276 g/mol. The number of benzene rings is 1. The molecule has 0 radical (unpaired) electrons. The third-order valence-corrected chi connectivity index (χ3v) is 4.18. The van der Waals surface area contributed by atoms with Gasteiger partial charge in [-0.05, 0) is 18.2 Å². The summed E-state index contributed by atoms with van der Waals surface area (Å²) in [5, 5.41) is 10.1. The van der Waals surface area contributed by atoms with Crippen molar-refractivity contribution in [2.45, 2.75) is 19.8 Å². The number of hydrogen-bond donors (Lipinski definition) is 2. The third-order valence-electron chi connectivity index (χ3n) is 2.83. The summed E-state index contributed by atoms with van der Waals surface area (Å²) >= 11 is 1.20. The summed E-state index contributed by atoms with van der Waals surface area (Å²) in [5.41, 5.74) is 7.47. The first-order valence-corrected chi connectivity index (χ1v) is 6.93. The van der Waals surface area contributed by atoms with E-state index in [0.717, 1.165) is 5.01 Å². The number of aromatic carboxylic acids is 1. The number of ether oxygens (including phenoxy) is 1. The van der Waals surface area contributed by atoms with Gasteiger partial charge in [0, 0.05) is 11.5 Å². The lowest BCUT2D eigenvalue weighted by Crippen LogP contribution is -1.97. The highest BCUT2D eigenvalue weighted by Crippen LogP contribution is 2.34. The van der Waals surface area contributed by atoms with Crippen molar-refractivity contribution in [3.8, 4) is 17.0 Å². The van der Waals surface area contributed by atoms with E-state index in [1.807, 2.05) is 13.8 Å². The molecule has 2 aromatic rings. The van der Waals surface area contributed by atoms with Crippen molar-refractivity contribution in [2.24, 2.45) is 0 Å². The summed E-state index contributed by atoms with van der Waals surface area (Å²) in [6.07, 6.45) is 0. The van der Waals surface area contributed by atoms with E-state index < -0.39 is 5.97 Å². The van der Waals surface area contributed by atoms with Gasteiger partial charge in [-0.15, -0.1) is 11.3 Å². The van der Waals surface area contributed by atoms with Crippen molar-refractivity contribution in [3.63, 3.8) is 0 Å². The number of rotatable bonds is 4. The molecule has 106 valence electrons. The number of nitrogens with zero attached hydrogens (tertiary/aromatic N) is 1. The molecule has 0 aliphatic rings. The van der Waals surface area contributed by atoms with Crippen LogP contribution in [-0.2, 0) is 0 Å². The molecule has 6 heteroatoms. The lowest BCUT2D eigenvalue weighted by molar-refractivity contribution is 0.0702. The zero-order chi connectivity index (χ0) is 14.9. The van der Waals surface area contributed by atoms with Crippen molar-refractivity contribution in [2.75, 3.05) is 12.8 Å². The van der Waals surface area contributed by atoms with Gasteiger partial charge in [0.2, 0.25) is 0 Å². The minimum atomic E-state index is -0.973. The number of nitrogen functional groups attached to an aromatic ring is 1. The molecule has 0 spiro atoms. The van der Waals surface area contributed by atoms with Gasteiger partial charge in [0.1, 0.15) is 10.6 Å². The largest absolute Gasteiger partial charge is 0.495 e. The van der Waals surface area contributed by atoms with Crippen LogP contribution >= 0.6 is 11.3 Å². The maximum absolute atomic E-state index is 11.4. The molecule has 0 saturated heterocycles. The van der Waals surface area contributed by atoms with Crippen molar-refractivity contribution < 1.29 is 14.6 Å². The van der Waals surface area contributed by atoms with Gasteiger partial charge in [0.25, 0.3) is 0 Å². The summed E-state index contributed by atoms with van der Waals surface area (Å²) in [7, 11) is 1.54. The van der Waals surface area contributed by atoms with Crippen LogP contribution in [0.3, 0.4) is 0 Å². The number of nitrogens with two attached hydrogens (primary N) is 1. The van der Waals surface area contributed by atoms with Crippen molar-refractivity contribution in [3.05, 3.63) is 28.1 Å². The molecule has 1 aromatic heterocycles. The normalized spacial score (nSPS) is 10.8. The monoisotopic (exact) mass is 292 g/mol. The zero-order valence-corrected chi connectivity index (χ0v) is 12.3. The molecular formula is C14H16N2O3S. The summed E-state index contributed by atoms with van der Waals surface area (Å²) in [6.45, 7) is 3.97. The Morgan fingerprint density at radius 1 is 1.45 bits per heavy atom. The molecule has 0 fully saturated rings. The van der Waals surface area contributed by atoms with Crippen molar-refractivity contribution >= 4 is 23.0 Å². The highest BCUT2D eigenvalue weighted by atomic mass is 32.1. The molecule has 1 aromatic carbocycles. The van der Waals surface area contributed by atoms with Crippen LogP contribution in [0.2, 0.25) is 0 Å². The number of thiazole rings is 1. The lowest BCUT2D eigenvalue weighted by atomic mass is 10.1. The van der Waals surface area contributed by atoms with Crippen molar-refractivity contribution in [1.29, 1.82) is 0 Å². The Morgan fingerprint density at radius 3 is 2.65 bits per heavy atom. The Kier molecular flexibility index (Phi) is 3.94. The minimum absolute atomic E-state index is 0.183. The molecule has 0 aliphatic carbocycles. The molecule has 0 atom stereocenters. The molecule has 0 bridgehead atoms. The van der Waals surface area contributed by atoms with E-state index in [1.165, 1.54) is 18.4 Å². The Morgan fingerprint density at radius 2 is 2.15 bits per heavy atom. The van der Waals surface area contributed by atoms with E-state index in [-0.39, 0.29) is 10.8 Å². The summed E-state index contributed by atoms with van der Waals surface area (Å²) in [5.74, 6) is -0.230. The fraction of sp³-hybridized carbons (Fsp3) is 0.286. The third kappa shape index (κ3) is 2.60. The number of carboxylic acids is 1. The van der Waals surface area contributed by atoms with Crippen molar-refractivity contribution in [1.82, 2.24) is 4.98 Å². The Bertz CT molecular complexity index is 650. The number of methoxy groups -OCH3 is 1. The van der Waals surface area contributed by atoms with E-state index in [2.05, 4.69) is 4.98 Å². The Labute approximate surface area is 121 Å². The van der Waals surface area contributed by atoms with Crippen LogP contribution in [0.4, 0.5) is 5.69 Å². The summed E-state index contributed by atoms with van der Waals surface area (Å²) < 4.78 is 5.10. The van der Waals surface area contributed by atoms with Gasteiger partial charge in [-0.1, -0.05) is 13.8 Å². The first kappa shape index (κ1) is 14.3. The molecule has 5 nitrogen and oxygen atoms in total. The molecule has 2 rings (SSSR count). The quantitative estimate of drug-likeness (QED) is 0.845. The number of hydrogen-bond acceptors (Lipinski definition) is 5. The van der Waals surface area contributed by atoms with Crippen LogP contribution < -0.4 is 10.5 Å². The van der Waals surface area contributed by atoms with Crippen LogP contribution in [0.15, 0.2) is 18.2 Å². The van der Waals surface area contributed by atoms with E-state index in [0.29, 0.717) is 22.7 Å². The molecule has 0 aliphatic heterocycles. The average Bonchev–Trinajstić information content (AvgIpc) is 2.84. The van der Waals surface area contributed by atoms with E-state index in [4.69, 9.17) is 10.5 Å². The highest BCUT2D eigenvalue weighted by Gasteiger charge is 2.20. The smallest absolute Gasteiger partial charge is 0.348 e. The Hall–Kier alpha value is -2.08. The molecule has 3 N–H and O–H groups in total. The van der Waals surface area contributed by atoms with Gasteiger partial charge in [-0.2, -0.15) is 0 Å². The number of aromatic nitrogens is 1. The maximum atomic E-state index is 11.4. The van der Waals surface area contributed by atoms with Crippen LogP contribution in [0.1, 0.15) is 34.4 Å². The van der Waals surface area contributed by atoms with Crippen LogP contribution in [0, 0.1) is 0 Å². The number of anilines is 1. The second-order valence-electron chi connectivity index (χ2n) is 4.65. The zero-order valence-electron chi connectivity index (χ0n) is 11.5. The summed E-state index contributed by atoms with van der Waals surface area (Å²) in [4.78, 5) is 16.0. The van der Waals surface area contributed by atoms with E-state index >= 15 is 0 Å².